The van der Waals surface area contributed by atoms with Crippen molar-refractivity contribution in [2.45, 2.75) is 19.4 Å². The fourth-order valence-electron chi connectivity index (χ4n) is 2.22. The first-order chi connectivity index (χ1) is 9.49. The van der Waals surface area contributed by atoms with Crippen molar-refractivity contribution >= 4 is 9.84 Å². The lowest BCUT2D eigenvalue weighted by molar-refractivity contribution is 0.297. The zero-order valence-corrected chi connectivity index (χ0v) is 12.7. The predicted octanol–water partition coefficient (Wildman–Crippen LogP) is 1.54. The van der Waals surface area contributed by atoms with Gasteiger partial charge in [-0.25, -0.2) is 8.42 Å². The summed E-state index contributed by atoms with van der Waals surface area (Å²) in [4.78, 5) is 0. The van der Waals surface area contributed by atoms with Gasteiger partial charge in [0.15, 0.2) is 11.5 Å². The zero-order valence-electron chi connectivity index (χ0n) is 11.9. The summed E-state index contributed by atoms with van der Waals surface area (Å²) in [5, 5.41) is 3.20. The Morgan fingerprint density at radius 1 is 1.25 bits per heavy atom. The molecule has 112 valence electrons. The molecule has 0 spiro atoms. The predicted molar refractivity (Wildman–Crippen MR) is 78.2 cm³/mol. The van der Waals surface area contributed by atoms with E-state index in [4.69, 9.17) is 9.47 Å². The minimum absolute atomic E-state index is 0.0699. The smallest absolute Gasteiger partial charge is 0.161 e. The molecule has 1 aliphatic rings. The summed E-state index contributed by atoms with van der Waals surface area (Å²) in [5.41, 5.74) is 0.904. The van der Waals surface area contributed by atoms with E-state index < -0.39 is 9.84 Å². The maximum Gasteiger partial charge on any atom is 0.161 e. The third-order valence-corrected chi connectivity index (χ3v) is 4.03. The molecule has 0 radical (unpaired) electrons. The van der Waals surface area contributed by atoms with Gasteiger partial charge < -0.3 is 14.8 Å². The molecule has 0 saturated carbocycles. The largest absolute Gasteiger partial charge is 0.490 e. The first-order valence-corrected chi connectivity index (χ1v) is 8.86. The van der Waals surface area contributed by atoms with Crippen LogP contribution in [0.1, 0.15) is 24.9 Å². The van der Waals surface area contributed by atoms with Crippen LogP contribution in [0.4, 0.5) is 0 Å². The van der Waals surface area contributed by atoms with Crippen LogP contribution >= 0.6 is 0 Å². The average Bonchev–Trinajstić information content (AvgIpc) is 2.61. The standard InChI is InChI=1S/C14H21NO4S/c1-3-15-12(10-20(2,16)17)11-5-6-13-14(9-11)19-8-4-7-18-13/h5-6,9,12,15H,3-4,7-8,10H2,1-2H3. The fraction of sp³-hybridized carbons (Fsp3) is 0.571. The summed E-state index contributed by atoms with van der Waals surface area (Å²) in [7, 11) is -3.06. The van der Waals surface area contributed by atoms with Gasteiger partial charge >= 0.3 is 0 Å². The highest BCUT2D eigenvalue weighted by Crippen LogP contribution is 2.32. The number of sulfone groups is 1. The zero-order chi connectivity index (χ0) is 14.6. The third kappa shape index (κ3) is 4.11. The molecule has 1 atom stereocenters. The molecule has 2 rings (SSSR count). The Hall–Kier alpha value is -1.27. The Morgan fingerprint density at radius 2 is 1.95 bits per heavy atom. The first kappa shape index (κ1) is 15.1. The van der Waals surface area contributed by atoms with Crippen LogP contribution in [0.2, 0.25) is 0 Å². The second kappa shape index (κ2) is 6.45. The van der Waals surface area contributed by atoms with Crippen LogP contribution in [-0.4, -0.2) is 40.2 Å². The van der Waals surface area contributed by atoms with Gasteiger partial charge in [0.25, 0.3) is 0 Å². The van der Waals surface area contributed by atoms with E-state index in [2.05, 4.69) is 5.32 Å². The van der Waals surface area contributed by atoms with Crippen molar-refractivity contribution in [2.75, 3.05) is 31.8 Å². The highest BCUT2D eigenvalue weighted by atomic mass is 32.2. The molecule has 20 heavy (non-hydrogen) atoms. The third-order valence-electron chi connectivity index (χ3n) is 3.09. The van der Waals surface area contributed by atoms with E-state index >= 15 is 0 Å². The number of ether oxygens (including phenoxy) is 2. The van der Waals surface area contributed by atoms with Crippen LogP contribution in [0, 0.1) is 0 Å². The van der Waals surface area contributed by atoms with Gasteiger partial charge in [-0.1, -0.05) is 13.0 Å². The highest BCUT2D eigenvalue weighted by Gasteiger charge is 2.19. The van der Waals surface area contributed by atoms with E-state index in [1.54, 1.807) is 0 Å². The first-order valence-electron chi connectivity index (χ1n) is 6.80. The van der Waals surface area contributed by atoms with Gasteiger partial charge in [-0.15, -0.1) is 0 Å². The van der Waals surface area contributed by atoms with Crippen LogP contribution in [0.3, 0.4) is 0 Å². The molecule has 5 nitrogen and oxygen atoms in total. The average molecular weight is 299 g/mol. The van der Waals surface area contributed by atoms with Crippen LogP contribution in [0.5, 0.6) is 11.5 Å². The van der Waals surface area contributed by atoms with Crippen molar-refractivity contribution in [3.63, 3.8) is 0 Å². The topological polar surface area (TPSA) is 64.6 Å². The highest BCUT2D eigenvalue weighted by molar-refractivity contribution is 7.90. The van der Waals surface area contributed by atoms with Gasteiger partial charge in [0.05, 0.1) is 19.0 Å². The van der Waals surface area contributed by atoms with Crippen LogP contribution < -0.4 is 14.8 Å². The molecule has 0 amide bonds. The fourth-order valence-corrected chi connectivity index (χ4v) is 3.13. The van der Waals surface area contributed by atoms with E-state index in [9.17, 15) is 8.42 Å². The van der Waals surface area contributed by atoms with E-state index in [1.165, 1.54) is 6.26 Å². The van der Waals surface area contributed by atoms with Gasteiger partial charge in [0, 0.05) is 18.7 Å². The number of fused-ring (bicyclic) bond motifs is 1. The second-order valence-corrected chi connectivity index (χ2v) is 7.14. The normalized spacial score (nSPS) is 16.5. The number of hydrogen-bond donors (Lipinski definition) is 1. The van der Waals surface area contributed by atoms with Crippen molar-refractivity contribution in [1.29, 1.82) is 0 Å². The van der Waals surface area contributed by atoms with Crippen molar-refractivity contribution < 1.29 is 17.9 Å². The lowest BCUT2D eigenvalue weighted by Gasteiger charge is -2.19. The minimum atomic E-state index is -3.06. The molecule has 0 fully saturated rings. The molecule has 1 unspecified atom stereocenters. The maximum absolute atomic E-state index is 11.5. The molecule has 1 heterocycles. The van der Waals surface area contributed by atoms with Gasteiger partial charge in [0.2, 0.25) is 0 Å². The lowest BCUT2D eigenvalue weighted by Crippen LogP contribution is -2.27. The Balaban J connectivity index is 2.27. The van der Waals surface area contributed by atoms with Crippen molar-refractivity contribution in [2.24, 2.45) is 0 Å². The molecule has 0 aliphatic carbocycles. The van der Waals surface area contributed by atoms with Gasteiger partial charge in [-0.3, -0.25) is 0 Å². The lowest BCUT2D eigenvalue weighted by atomic mass is 10.1. The number of benzene rings is 1. The summed E-state index contributed by atoms with van der Waals surface area (Å²) < 4.78 is 34.3. The van der Waals surface area contributed by atoms with Crippen molar-refractivity contribution in [1.82, 2.24) is 5.32 Å². The number of rotatable bonds is 5. The monoisotopic (exact) mass is 299 g/mol. The van der Waals surface area contributed by atoms with Crippen LogP contribution in [0.15, 0.2) is 18.2 Å². The molecule has 6 heteroatoms. The molecule has 1 aromatic carbocycles. The molecule has 1 aliphatic heterocycles. The summed E-state index contributed by atoms with van der Waals surface area (Å²) in [6, 6.07) is 5.39. The molecule has 1 aromatic rings. The molecule has 0 bridgehead atoms. The molecule has 1 N–H and O–H groups in total. The van der Waals surface area contributed by atoms with Crippen LogP contribution in [0.25, 0.3) is 0 Å². The van der Waals surface area contributed by atoms with E-state index in [1.807, 2.05) is 25.1 Å². The summed E-state index contributed by atoms with van der Waals surface area (Å²) in [6.45, 7) is 3.92. The molecule has 0 aromatic heterocycles. The summed E-state index contributed by atoms with van der Waals surface area (Å²) >= 11 is 0. The quantitative estimate of drug-likeness (QED) is 0.893. The minimum Gasteiger partial charge on any atom is -0.490 e. The Kier molecular flexibility index (Phi) is 4.88. The van der Waals surface area contributed by atoms with Gasteiger partial charge in [-0.2, -0.15) is 0 Å². The van der Waals surface area contributed by atoms with E-state index in [0.29, 0.717) is 25.5 Å². The van der Waals surface area contributed by atoms with Gasteiger partial charge in [-0.05, 0) is 24.2 Å². The number of hydrogen-bond acceptors (Lipinski definition) is 5. The van der Waals surface area contributed by atoms with E-state index in [-0.39, 0.29) is 11.8 Å². The number of nitrogens with one attached hydrogen (secondary N) is 1. The maximum atomic E-state index is 11.5. The Morgan fingerprint density at radius 3 is 2.60 bits per heavy atom. The molecular formula is C14H21NO4S. The Labute approximate surface area is 120 Å². The van der Waals surface area contributed by atoms with Crippen molar-refractivity contribution in [3.8, 4) is 11.5 Å². The van der Waals surface area contributed by atoms with Gasteiger partial charge in [0.1, 0.15) is 9.84 Å². The van der Waals surface area contributed by atoms with E-state index in [0.717, 1.165) is 17.7 Å². The molecular weight excluding hydrogens is 278 g/mol. The summed E-state index contributed by atoms with van der Waals surface area (Å²) in [6.07, 6.45) is 2.10. The molecule has 0 saturated heterocycles. The Bertz CT molecular complexity index is 556. The summed E-state index contributed by atoms with van der Waals surface area (Å²) in [5.74, 6) is 1.48. The SMILES string of the molecule is CCNC(CS(C)(=O)=O)c1ccc2c(c1)OCCCO2. The second-order valence-electron chi connectivity index (χ2n) is 4.96. The van der Waals surface area contributed by atoms with Crippen LogP contribution in [-0.2, 0) is 9.84 Å². The van der Waals surface area contributed by atoms with Crippen molar-refractivity contribution in [3.05, 3.63) is 23.8 Å².